The van der Waals surface area contributed by atoms with Gasteiger partial charge in [-0.25, -0.2) is 0 Å². The Bertz CT molecular complexity index is 792. The average molecular weight is 390 g/mol. The van der Waals surface area contributed by atoms with Gasteiger partial charge < -0.3 is 19.1 Å². The SMILES string of the molecule is Cc1ccc(OCCN(C)C(=O)Cc2cc(Cl)c3c(c2)OCCCO3)cc1. The number of benzene rings is 2. The quantitative estimate of drug-likeness (QED) is 0.752. The number of likely N-dealkylation sites (N-methyl/N-ethyl adjacent to an activating group) is 1. The van der Waals surface area contributed by atoms with Crippen molar-refractivity contribution in [2.45, 2.75) is 19.8 Å². The van der Waals surface area contributed by atoms with Gasteiger partial charge in [0.2, 0.25) is 5.91 Å². The van der Waals surface area contributed by atoms with Gasteiger partial charge in [0.25, 0.3) is 0 Å². The summed E-state index contributed by atoms with van der Waals surface area (Å²) in [6.45, 7) is 4.13. The van der Waals surface area contributed by atoms with E-state index >= 15 is 0 Å². The highest BCUT2D eigenvalue weighted by Gasteiger charge is 2.18. The Balaban J connectivity index is 1.54. The second-order valence-electron chi connectivity index (χ2n) is 6.61. The number of hydrogen-bond donors (Lipinski definition) is 0. The van der Waals surface area contributed by atoms with Crippen LogP contribution in [0.4, 0.5) is 0 Å². The number of halogens is 1. The maximum Gasteiger partial charge on any atom is 0.226 e. The fourth-order valence-electron chi connectivity index (χ4n) is 2.76. The molecule has 1 amide bonds. The maximum absolute atomic E-state index is 12.5. The molecule has 1 aliphatic rings. The van der Waals surface area contributed by atoms with E-state index in [-0.39, 0.29) is 12.3 Å². The Morgan fingerprint density at radius 1 is 1.19 bits per heavy atom. The monoisotopic (exact) mass is 389 g/mol. The summed E-state index contributed by atoms with van der Waals surface area (Å²) in [5.41, 5.74) is 1.99. The normalized spacial score (nSPS) is 13.0. The molecule has 0 saturated carbocycles. The first-order chi connectivity index (χ1) is 13.0. The Morgan fingerprint density at radius 3 is 2.70 bits per heavy atom. The van der Waals surface area contributed by atoms with Crippen LogP contribution < -0.4 is 14.2 Å². The summed E-state index contributed by atoms with van der Waals surface area (Å²) in [7, 11) is 1.77. The number of nitrogens with zero attached hydrogens (tertiary/aromatic N) is 1. The lowest BCUT2D eigenvalue weighted by Gasteiger charge is -2.18. The number of carbonyl (C=O) groups excluding carboxylic acids is 1. The Kier molecular flexibility index (Phi) is 6.45. The van der Waals surface area contributed by atoms with Gasteiger partial charge in [-0.15, -0.1) is 0 Å². The highest BCUT2D eigenvalue weighted by Crippen LogP contribution is 2.38. The van der Waals surface area contributed by atoms with Crippen LogP contribution in [0.5, 0.6) is 17.2 Å². The zero-order valence-electron chi connectivity index (χ0n) is 15.7. The molecule has 0 unspecified atom stereocenters. The predicted molar refractivity (Wildman–Crippen MR) is 105 cm³/mol. The van der Waals surface area contributed by atoms with Crippen LogP contribution in [0.15, 0.2) is 36.4 Å². The molecule has 0 bridgehead atoms. The van der Waals surface area contributed by atoms with Gasteiger partial charge in [0, 0.05) is 13.5 Å². The van der Waals surface area contributed by atoms with Crippen molar-refractivity contribution in [2.75, 3.05) is 33.4 Å². The van der Waals surface area contributed by atoms with E-state index in [0.717, 1.165) is 17.7 Å². The van der Waals surface area contributed by atoms with Gasteiger partial charge in [0.05, 0.1) is 31.2 Å². The molecule has 0 saturated heterocycles. The molecule has 1 aliphatic heterocycles. The second-order valence-corrected chi connectivity index (χ2v) is 7.02. The Labute approximate surface area is 164 Å². The molecule has 6 heteroatoms. The molecule has 0 fully saturated rings. The van der Waals surface area contributed by atoms with Crippen LogP contribution in [-0.4, -0.2) is 44.2 Å². The van der Waals surface area contributed by atoms with Crippen molar-refractivity contribution in [1.29, 1.82) is 0 Å². The average Bonchev–Trinajstić information content (AvgIpc) is 2.89. The molecular formula is C21H24ClNO4. The van der Waals surface area contributed by atoms with Crippen molar-refractivity contribution in [3.63, 3.8) is 0 Å². The summed E-state index contributed by atoms with van der Waals surface area (Å²) in [6, 6.07) is 11.5. The number of hydrogen-bond acceptors (Lipinski definition) is 4. The molecule has 0 aliphatic carbocycles. The van der Waals surface area contributed by atoms with Crippen LogP contribution in [0, 0.1) is 6.92 Å². The van der Waals surface area contributed by atoms with E-state index in [1.807, 2.05) is 37.3 Å². The number of carbonyl (C=O) groups is 1. The van der Waals surface area contributed by atoms with E-state index in [1.54, 1.807) is 18.0 Å². The molecule has 3 rings (SSSR count). The molecule has 0 atom stereocenters. The maximum atomic E-state index is 12.5. The van der Waals surface area contributed by atoms with Crippen molar-refractivity contribution in [1.82, 2.24) is 4.90 Å². The fraction of sp³-hybridized carbons (Fsp3) is 0.381. The second kappa shape index (κ2) is 9.00. The molecule has 144 valence electrons. The topological polar surface area (TPSA) is 48.0 Å². The molecule has 0 N–H and O–H groups in total. The fourth-order valence-corrected chi connectivity index (χ4v) is 3.04. The lowest BCUT2D eigenvalue weighted by atomic mass is 10.1. The number of aryl methyl sites for hydroxylation is 1. The van der Waals surface area contributed by atoms with E-state index in [2.05, 4.69) is 0 Å². The summed E-state index contributed by atoms with van der Waals surface area (Å²) in [5, 5.41) is 0.475. The number of rotatable bonds is 6. The van der Waals surface area contributed by atoms with E-state index in [4.69, 9.17) is 25.8 Å². The Hall–Kier alpha value is -2.40. The number of amides is 1. The highest BCUT2D eigenvalue weighted by molar-refractivity contribution is 6.32. The third kappa shape index (κ3) is 5.30. The van der Waals surface area contributed by atoms with Gasteiger partial charge in [-0.3, -0.25) is 4.79 Å². The standard InChI is InChI=1S/C21H24ClNO4/c1-15-4-6-17(7-5-15)25-11-8-23(2)20(24)14-16-12-18(22)21-19(13-16)26-9-3-10-27-21/h4-7,12-13H,3,8-11,14H2,1-2H3. The summed E-state index contributed by atoms with van der Waals surface area (Å²) in [6.07, 6.45) is 1.06. The van der Waals surface area contributed by atoms with Gasteiger partial charge in [-0.1, -0.05) is 29.3 Å². The zero-order valence-corrected chi connectivity index (χ0v) is 16.4. The molecule has 2 aromatic carbocycles. The summed E-state index contributed by atoms with van der Waals surface area (Å²) < 4.78 is 17.0. The zero-order chi connectivity index (χ0) is 19.2. The lowest BCUT2D eigenvalue weighted by Crippen LogP contribution is -2.32. The summed E-state index contributed by atoms with van der Waals surface area (Å²) >= 11 is 6.30. The van der Waals surface area contributed by atoms with E-state index < -0.39 is 0 Å². The van der Waals surface area contributed by atoms with Gasteiger partial charge in [0.15, 0.2) is 11.5 Å². The molecule has 0 spiro atoms. The van der Waals surface area contributed by atoms with E-state index in [9.17, 15) is 4.79 Å². The van der Waals surface area contributed by atoms with Crippen LogP contribution in [0.3, 0.4) is 0 Å². The minimum absolute atomic E-state index is 0.00642. The van der Waals surface area contributed by atoms with Crippen molar-refractivity contribution in [3.8, 4) is 17.2 Å². The van der Waals surface area contributed by atoms with Gasteiger partial charge in [0.1, 0.15) is 12.4 Å². The van der Waals surface area contributed by atoms with Crippen LogP contribution in [0.2, 0.25) is 5.02 Å². The first-order valence-corrected chi connectivity index (χ1v) is 9.42. The first kappa shape index (κ1) is 19.4. The van der Waals surface area contributed by atoms with Crippen molar-refractivity contribution in [3.05, 3.63) is 52.5 Å². The lowest BCUT2D eigenvalue weighted by molar-refractivity contribution is -0.129. The van der Waals surface area contributed by atoms with Crippen molar-refractivity contribution >= 4 is 17.5 Å². The van der Waals surface area contributed by atoms with Crippen LogP contribution in [0.1, 0.15) is 17.5 Å². The van der Waals surface area contributed by atoms with Gasteiger partial charge >= 0.3 is 0 Å². The van der Waals surface area contributed by atoms with Crippen molar-refractivity contribution < 1.29 is 19.0 Å². The van der Waals surface area contributed by atoms with E-state index in [0.29, 0.717) is 42.9 Å². The van der Waals surface area contributed by atoms with Crippen molar-refractivity contribution in [2.24, 2.45) is 0 Å². The number of fused-ring (bicyclic) bond motifs is 1. The summed E-state index contributed by atoms with van der Waals surface area (Å²) in [4.78, 5) is 14.2. The largest absolute Gasteiger partial charge is 0.492 e. The minimum atomic E-state index is -0.00642. The molecule has 0 aromatic heterocycles. The van der Waals surface area contributed by atoms with Crippen LogP contribution >= 0.6 is 11.6 Å². The predicted octanol–water partition coefficient (Wildman–Crippen LogP) is 3.89. The highest BCUT2D eigenvalue weighted by atomic mass is 35.5. The molecule has 5 nitrogen and oxygen atoms in total. The minimum Gasteiger partial charge on any atom is -0.492 e. The number of ether oxygens (including phenoxy) is 3. The third-order valence-corrected chi connectivity index (χ3v) is 4.64. The third-order valence-electron chi connectivity index (χ3n) is 4.36. The van der Waals surface area contributed by atoms with Crippen LogP contribution in [0.25, 0.3) is 0 Å². The molecular weight excluding hydrogens is 366 g/mol. The molecule has 1 heterocycles. The smallest absolute Gasteiger partial charge is 0.226 e. The van der Waals surface area contributed by atoms with Gasteiger partial charge in [-0.2, -0.15) is 0 Å². The summed E-state index contributed by atoms with van der Waals surface area (Å²) in [5.74, 6) is 1.96. The molecule has 0 radical (unpaired) electrons. The molecule has 27 heavy (non-hydrogen) atoms. The first-order valence-electron chi connectivity index (χ1n) is 9.04. The van der Waals surface area contributed by atoms with Gasteiger partial charge in [-0.05, 0) is 36.8 Å². The van der Waals surface area contributed by atoms with E-state index in [1.165, 1.54) is 5.56 Å². The van der Waals surface area contributed by atoms with Crippen LogP contribution in [-0.2, 0) is 11.2 Å². The Morgan fingerprint density at radius 2 is 1.93 bits per heavy atom. The molecule has 2 aromatic rings.